The van der Waals surface area contributed by atoms with E-state index in [4.69, 9.17) is 0 Å². The van der Waals surface area contributed by atoms with Crippen molar-refractivity contribution in [2.24, 2.45) is 17.8 Å². The van der Waals surface area contributed by atoms with E-state index in [0.29, 0.717) is 51.2 Å². The highest BCUT2D eigenvalue weighted by atomic mass is 19.2. The van der Waals surface area contributed by atoms with Crippen LogP contribution in [0, 0.1) is 29.4 Å². The summed E-state index contributed by atoms with van der Waals surface area (Å²) in [6.07, 6.45) is 9.71. The number of likely N-dealkylation sites (tertiary alicyclic amines) is 1. The van der Waals surface area contributed by atoms with E-state index in [9.17, 15) is 23.5 Å². The van der Waals surface area contributed by atoms with Gasteiger partial charge in [0.15, 0.2) is 11.6 Å². The molecular weight excluding hydrogens is 476 g/mol. The monoisotopic (exact) mass is 521 g/mol. The van der Waals surface area contributed by atoms with E-state index >= 15 is 0 Å². The number of nitrogens with one attached hydrogen (secondary N) is 2. The molecule has 1 aromatic rings. The maximum atomic E-state index is 14.9. The van der Waals surface area contributed by atoms with E-state index in [-0.39, 0.29) is 29.7 Å². The fraction of sp³-hybridized carbons (Fsp3) is 0.724. The molecule has 2 amide bonds. The quantitative estimate of drug-likeness (QED) is 0.354. The summed E-state index contributed by atoms with van der Waals surface area (Å²) in [5, 5.41) is 17.8. The second-order valence-electron chi connectivity index (χ2n) is 11.2. The minimum atomic E-state index is -1.64. The van der Waals surface area contributed by atoms with Gasteiger partial charge >= 0.3 is 0 Å². The normalized spacial score (nSPS) is 21.3. The van der Waals surface area contributed by atoms with Crippen molar-refractivity contribution in [3.8, 4) is 0 Å². The lowest BCUT2D eigenvalue weighted by Gasteiger charge is -2.43. The van der Waals surface area contributed by atoms with Gasteiger partial charge in [0.1, 0.15) is 0 Å². The zero-order valence-electron chi connectivity index (χ0n) is 22.5. The lowest BCUT2D eigenvalue weighted by atomic mass is 9.74. The first-order valence-electron chi connectivity index (χ1n) is 14.1. The molecule has 37 heavy (non-hydrogen) atoms. The Bertz CT molecular complexity index is 893. The molecule has 0 radical (unpaired) electrons. The zero-order valence-corrected chi connectivity index (χ0v) is 22.5. The van der Waals surface area contributed by atoms with Gasteiger partial charge in [0, 0.05) is 44.5 Å². The first-order chi connectivity index (χ1) is 17.7. The van der Waals surface area contributed by atoms with Crippen molar-refractivity contribution in [2.45, 2.75) is 83.2 Å². The second kappa shape index (κ2) is 14.2. The molecule has 2 fully saturated rings. The number of hydrogen-bond donors (Lipinski definition) is 3. The molecule has 0 aromatic heterocycles. The Kier molecular flexibility index (Phi) is 11.3. The molecule has 208 valence electrons. The van der Waals surface area contributed by atoms with Crippen LogP contribution >= 0.6 is 0 Å². The van der Waals surface area contributed by atoms with Gasteiger partial charge in [0.25, 0.3) is 0 Å². The summed E-state index contributed by atoms with van der Waals surface area (Å²) < 4.78 is 29.1. The number of hydrogen-bond acceptors (Lipinski definition) is 4. The summed E-state index contributed by atoms with van der Waals surface area (Å²) in [6, 6.07) is 3.89. The number of aliphatic hydroxyl groups is 1. The van der Waals surface area contributed by atoms with E-state index < -0.39 is 23.2 Å². The smallest absolute Gasteiger partial charge is 0.222 e. The fourth-order valence-electron chi connectivity index (χ4n) is 6.41. The highest BCUT2D eigenvalue weighted by Crippen LogP contribution is 2.41. The maximum Gasteiger partial charge on any atom is 0.222 e. The van der Waals surface area contributed by atoms with Gasteiger partial charge in [0.05, 0.1) is 5.60 Å². The minimum Gasteiger partial charge on any atom is -0.385 e. The fourth-order valence-corrected chi connectivity index (χ4v) is 6.41. The van der Waals surface area contributed by atoms with Gasteiger partial charge in [-0.25, -0.2) is 8.78 Å². The topological polar surface area (TPSA) is 81.7 Å². The van der Waals surface area contributed by atoms with Crippen LogP contribution in [0.1, 0.15) is 83.1 Å². The van der Waals surface area contributed by atoms with E-state index in [1.54, 1.807) is 0 Å². The van der Waals surface area contributed by atoms with Crippen molar-refractivity contribution < 1.29 is 23.5 Å². The Morgan fingerprint density at radius 3 is 2.62 bits per heavy atom. The van der Waals surface area contributed by atoms with Crippen molar-refractivity contribution >= 4 is 11.8 Å². The first kappa shape index (κ1) is 29.5. The van der Waals surface area contributed by atoms with Crippen LogP contribution < -0.4 is 10.6 Å². The van der Waals surface area contributed by atoms with E-state index in [1.165, 1.54) is 51.2 Å². The summed E-state index contributed by atoms with van der Waals surface area (Å²) in [5.74, 6) is -1.65. The average Bonchev–Trinajstić information content (AvgIpc) is 2.89. The molecule has 1 saturated heterocycles. The van der Waals surface area contributed by atoms with Gasteiger partial charge in [-0.05, 0) is 63.6 Å². The molecule has 8 heteroatoms. The van der Waals surface area contributed by atoms with Crippen LogP contribution in [0.5, 0.6) is 0 Å². The number of piperidine rings is 1. The van der Waals surface area contributed by atoms with Gasteiger partial charge in [0.2, 0.25) is 11.8 Å². The Morgan fingerprint density at radius 1 is 1.16 bits per heavy atom. The molecule has 1 aliphatic heterocycles. The summed E-state index contributed by atoms with van der Waals surface area (Å²) >= 11 is 0. The van der Waals surface area contributed by atoms with Crippen molar-refractivity contribution in [2.75, 3.05) is 33.2 Å². The largest absolute Gasteiger partial charge is 0.385 e. The van der Waals surface area contributed by atoms with E-state index in [0.717, 1.165) is 19.0 Å². The predicted molar refractivity (Wildman–Crippen MR) is 141 cm³/mol. The summed E-state index contributed by atoms with van der Waals surface area (Å²) in [4.78, 5) is 26.5. The highest BCUT2D eigenvalue weighted by molar-refractivity contribution is 5.76. The molecule has 3 rings (SSSR count). The molecule has 3 atom stereocenters. The zero-order chi connectivity index (χ0) is 26.8. The molecule has 3 N–H and O–H groups in total. The number of carbonyl (C=O) groups is 2. The maximum absolute atomic E-state index is 14.9. The SMILES string of the molecule is CNC[C@@H](CC(=O)N1CCC[C@@H]([C@@](O)(CCCNC(C)=O)c2cccc(F)c2F)C1)CC1CCCCC1. The highest BCUT2D eigenvalue weighted by Gasteiger charge is 2.43. The third kappa shape index (κ3) is 8.21. The van der Waals surface area contributed by atoms with E-state index in [2.05, 4.69) is 10.6 Å². The number of carbonyl (C=O) groups excluding carboxylic acids is 2. The molecule has 0 unspecified atom stereocenters. The second-order valence-corrected chi connectivity index (χ2v) is 11.2. The Hall–Kier alpha value is -2.06. The van der Waals surface area contributed by atoms with Crippen molar-refractivity contribution in [1.29, 1.82) is 0 Å². The molecule has 1 aliphatic carbocycles. The summed E-state index contributed by atoms with van der Waals surface area (Å²) in [7, 11) is 1.92. The molecule has 0 spiro atoms. The number of rotatable bonds is 12. The lowest BCUT2D eigenvalue weighted by molar-refractivity contribution is -0.138. The van der Waals surface area contributed by atoms with Crippen LogP contribution in [0.4, 0.5) is 8.78 Å². The first-order valence-corrected chi connectivity index (χ1v) is 14.1. The van der Waals surface area contributed by atoms with Crippen molar-refractivity contribution in [1.82, 2.24) is 15.5 Å². The molecule has 1 saturated carbocycles. The van der Waals surface area contributed by atoms with Crippen LogP contribution in [0.25, 0.3) is 0 Å². The van der Waals surface area contributed by atoms with Gasteiger partial charge in [-0.1, -0.05) is 44.2 Å². The van der Waals surface area contributed by atoms with Gasteiger partial charge in [-0.3, -0.25) is 9.59 Å². The minimum absolute atomic E-state index is 0.0695. The van der Waals surface area contributed by atoms with Crippen LogP contribution in [0.3, 0.4) is 0 Å². The number of halogens is 2. The lowest BCUT2D eigenvalue weighted by Crippen LogP contribution is -2.49. The Morgan fingerprint density at radius 2 is 1.92 bits per heavy atom. The van der Waals surface area contributed by atoms with Crippen LogP contribution in [-0.2, 0) is 15.2 Å². The van der Waals surface area contributed by atoms with Gasteiger partial charge in [-0.2, -0.15) is 0 Å². The Labute approximate surface area is 220 Å². The third-order valence-electron chi connectivity index (χ3n) is 8.32. The van der Waals surface area contributed by atoms with Crippen LogP contribution in [0.2, 0.25) is 0 Å². The number of nitrogens with zero attached hydrogens (tertiary/aromatic N) is 1. The number of amides is 2. The molecule has 1 heterocycles. The Balaban J connectivity index is 1.72. The van der Waals surface area contributed by atoms with Crippen molar-refractivity contribution in [3.05, 3.63) is 35.4 Å². The van der Waals surface area contributed by atoms with E-state index in [1.807, 2.05) is 11.9 Å². The molecule has 6 nitrogen and oxygen atoms in total. The third-order valence-corrected chi connectivity index (χ3v) is 8.32. The van der Waals surface area contributed by atoms with Crippen molar-refractivity contribution in [3.63, 3.8) is 0 Å². The molecule has 0 bridgehead atoms. The van der Waals surface area contributed by atoms with Gasteiger partial charge in [-0.15, -0.1) is 0 Å². The average molecular weight is 522 g/mol. The predicted octanol–water partition coefficient (Wildman–Crippen LogP) is 4.50. The molecular formula is C29H45F2N3O3. The van der Waals surface area contributed by atoms with Gasteiger partial charge < -0.3 is 20.6 Å². The number of benzene rings is 1. The van der Waals surface area contributed by atoms with Crippen LogP contribution in [0.15, 0.2) is 18.2 Å². The summed E-state index contributed by atoms with van der Waals surface area (Å²) in [5.41, 5.74) is -1.71. The molecule has 1 aromatic carbocycles. The van der Waals surface area contributed by atoms with Crippen LogP contribution in [-0.4, -0.2) is 55.0 Å². The standard InChI is InChI=1S/C29H45F2N3O3/c1-21(35)33-15-8-14-29(37,25-12-6-13-26(30)28(25)31)24-11-7-16-34(20-24)27(36)18-23(19-32-2)17-22-9-4-3-5-10-22/h6,12-13,22-24,32,37H,3-5,7-11,14-20H2,1-2H3,(H,33,35)/t23-,24-,29+/m1/s1. The summed E-state index contributed by atoms with van der Waals surface area (Å²) in [6.45, 7) is 3.45. The molecule has 2 aliphatic rings.